The molecule has 0 spiro atoms. The van der Waals surface area contributed by atoms with Crippen LogP contribution in [0.4, 0.5) is 0 Å². The lowest BCUT2D eigenvalue weighted by atomic mass is 10.0. The Morgan fingerprint density at radius 3 is 2.45 bits per heavy atom. The molecular weight excluding hydrogens is 392 g/mol. The third kappa shape index (κ3) is 8.83. The maximum Gasteiger partial charge on any atom is 0.242 e. The number of hydrogen-bond donors (Lipinski definition) is 3. The number of carbonyl (C=O) groups excluding carboxylic acids is 3. The predicted molar refractivity (Wildman–Crippen MR) is 116 cm³/mol. The maximum absolute atomic E-state index is 12.6. The fraction of sp³-hybridized carbons (Fsp3) is 0.571. The van der Waals surface area contributed by atoms with E-state index in [9.17, 15) is 14.4 Å². The van der Waals surface area contributed by atoms with Crippen molar-refractivity contribution in [3.05, 3.63) is 35.4 Å². The van der Waals surface area contributed by atoms with Crippen molar-refractivity contribution in [1.29, 1.82) is 0 Å². The van der Waals surface area contributed by atoms with Crippen LogP contribution in [-0.4, -0.2) is 54.8 Å². The second-order valence-electron chi connectivity index (χ2n) is 7.34. The van der Waals surface area contributed by atoms with Crippen molar-refractivity contribution >= 4 is 30.1 Å². The highest BCUT2D eigenvalue weighted by Crippen LogP contribution is 2.16. The molecule has 1 unspecified atom stereocenters. The maximum atomic E-state index is 12.6. The molecule has 1 aliphatic heterocycles. The van der Waals surface area contributed by atoms with Gasteiger partial charge in [0, 0.05) is 38.5 Å². The molecule has 3 amide bonds. The topological polar surface area (TPSA) is 105 Å². The Morgan fingerprint density at radius 1 is 1.07 bits per heavy atom. The van der Waals surface area contributed by atoms with Gasteiger partial charge in [-0.1, -0.05) is 29.8 Å². The fourth-order valence-corrected chi connectivity index (χ4v) is 3.37. The van der Waals surface area contributed by atoms with E-state index in [1.807, 2.05) is 31.2 Å². The molecule has 1 aromatic carbocycles. The Hall–Kier alpha value is -2.12. The summed E-state index contributed by atoms with van der Waals surface area (Å²) in [5.74, 6) is -0.315. The second-order valence-corrected chi connectivity index (χ2v) is 7.34. The minimum absolute atomic E-state index is 0. The Kier molecular flexibility index (Phi) is 11.3. The quantitative estimate of drug-likeness (QED) is 0.555. The van der Waals surface area contributed by atoms with Crippen molar-refractivity contribution in [1.82, 2.24) is 15.5 Å². The summed E-state index contributed by atoms with van der Waals surface area (Å²) >= 11 is 0. The number of rotatable bonds is 9. The van der Waals surface area contributed by atoms with Gasteiger partial charge in [-0.3, -0.25) is 14.4 Å². The van der Waals surface area contributed by atoms with Crippen LogP contribution < -0.4 is 16.4 Å². The van der Waals surface area contributed by atoms with Gasteiger partial charge in [0.05, 0.1) is 6.54 Å². The number of likely N-dealkylation sites (tertiary alicyclic amines) is 1. The van der Waals surface area contributed by atoms with Crippen molar-refractivity contribution in [3.8, 4) is 0 Å². The lowest BCUT2D eigenvalue weighted by Crippen LogP contribution is -2.52. The van der Waals surface area contributed by atoms with Crippen molar-refractivity contribution in [2.75, 3.05) is 26.2 Å². The number of halogens is 1. The van der Waals surface area contributed by atoms with Crippen LogP contribution in [0.2, 0.25) is 0 Å². The molecule has 4 N–H and O–H groups in total. The highest BCUT2D eigenvalue weighted by molar-refractivity contribution is 5.85. The molecule has 162 valence electrons. The normalized spacial score (nSPS) is 15.9. The average molecular weight is 425 g/mol. The first-order valence-corrected chi connectivity index (χ1v) is 10.1. The summed E-state index contributed by atoms with van der Waals surface area (Å²) in [4.78, 5) is 38.1. The highest BCUT2D eigenvalue weighted by atomic mass is 35.5. The largest absolute Gasteiger partial charge is 0.354 e. The summed E-state index contributed by atoms with van der Waals surface area (Å²) in [6.45, 7) is 3.44. The molecule has 29 heavy (non-hydrogen) atoms. The molecular formula is C21H33ClN4O3. The highest BCUT2D eigenvalue weighted by Gasteiger charge is 2.26. The second kappa shape index (κ2) is 13.2. The number of amides is 3. The number of carbonyl (C=O) groups is 3. The van der Waals surface area contributed by atoms with Crippen LogP contribution in [-0.2, 0) is 20.8 Å². The standard InChI is InChI=1S/C21H32N4O3.ClH/c1-16-5-7-17(8-6-16)9-10-19(26)24-15-21(28)25-13-3-2-4-18(25)14-23-20(27)11-12-22;/h5-8,18H,2-4,9-15,22H2,1H3,(H,23,27)(H,24,26);1H. The van der Waals surface area contributed by atoms with E-state index in [-0.39, 0.29) is 49.1 Å². The van der Waals surface area contributed by atoms with Gasteiger partial charge < -0.3 is 21.3 Å². The van der Waals surface area contributed by atoms with Crippen LogP contribution in [0.25, 0.3) is 0 Å². The van der Waals surface area contributed by atoms with Crippen LogP contribution in [0.5, 0.6) is 0 Å². The minimum Gasteiger partial charge on any atom is -0.354 e. The zero-order valence-electron chi connectivity index (χ0n) is 17.1. The molecule has 0 radical (unpaired) electrons. The Labute approximate surface area is 179 Å². The summed E-state index contributed by atoms with van der Waals surface area (Å²) in [6, 6.07) is 8.07. The Balaban J connectivity index is 0.00000420. The van der Waals surface area contributed by atoms with E-state index in [2.05, 4.69) is 10.6 Å². The van der Waals surface area contributed by atoms with Gasteiger partial charge in [-0.2, -0.15) is 0 Å². The van der Waals surface area contributed by atoms with E-state index in [1.54, 1.807) is 4.90 Å². The van der Waals surface area contributed by atoms with E-state index in [0.29, 0.717) is 32.5 Å². The zero-order chi connectivity index (χ0) is 20.4. The molecule has 8 heteroatoms. The van der Waals surface area contributed by atoms with Crippen molar-refractivity contribution < 1.29 is 14.4 Å². The molecule has 7 nitrogen and oxygen atoms in total. The van der Waals surface area contributed by atoms with Gasteiger partial charge in [0.2, 0.25) is 17.7 Å². The summed E-state index contributed by atoms with van der Waals surface area (Å²) < 4.78 is 0. The molecule has 0 aliphatic carbocycles. The number of nitrogens with one attached hydrogen (secondary N) is 2. The number of benzene rings is 1. The minimum atomic E-state index is -0.126. The number of nitrogens with zero attached hydrogens (tertiary/aromatic N) is 1. The average Bonchev–Trinajstić information content (AvgIpc) is 2.70. The van der Waals surface area contributed by atoms with E-state index >= 15 is 0 Å². The smallest absolute Gasteiger partial charge is 0.242 e. The molecule has 1 heterocycles. The molecule has 1 atom stereocenters. The summed E-state index contributed by atoms with van der Waals surface area (Å²) in [6.07, 6.45) is 4.13. The SMILES string of the molecule is Cc1ccc(CCC(=O)NCC(=O)N2CCCCC2CNC(=O)CCN)cc1.Cl. The third-order valence-electron chi connectivity index (χ3n) is 5.05. The molecule has 0 bridgehead atoms. The van der Waals surface area contributed by atoms with Gasteiger partial charge in [-0.25, -0.2) is 0 Å². The fourth-order valence-electron chi connectivity index (χ4n) is 3.37. The lowest BCUT2D eigenvalue weighted by molar-refractivity contribution is -0.136. The van der Waals surface area contributed by atoms with Crippen LogP contribution in [0.3, 0.4) is 0 Å². The molecule has 1 aromatic rings. The van der Waals surface area contributed by atoms with Crippen LogP contribution >= 0.6 is 12.4 Å². The van der Waals surface area contributed by atoms with Gasteiger partial charge in [-0.15, -0.1) is 12.4 Å². The number of hydrogen-bond acceptors (Lipinski definition) is 4. The van der Waals surface area contributed by atoms with E-state index in [4.69, 9.17) is 5.73 Å². The van der Waals surface area contributed by atoms with Gasteiger partial charge in [0.15, 0.2) is 0 Å². The lowest BCUT2D eigenvalue weighted by Gasteiger charge is -2.36. The Morgan fingerprint density at radius 2 is 1.76 bits per heavy atom. The first kappa shape index (κ1) is 24.9. The zero-order valence-corrected chi connectivity index (χ0v) is 17.9. The molecule has 0 aromatic heterocycles. The van der Waals surface area contributed by atoms with E-state index in [1.165, 1.54) is 5.56 Å². The number of aryl methyl sites for hydroxylation is 2. The van der Waals surface area contributed by atoms with E-state index < -0.39 is 0 Å². The summed E-state index contributed by atoms with van der Waals surface area (Å²) in [5, 5.41) is 5.58. The molecule has 0 saturated carbocycles. The summed E-state index contributed by atoms with van der Waals surface area (Å²) in [7, 11) is 0. The number of piperidine rings is 1. The Bertz CT molecular complexity index is 666. The van der Waals surface area contributed by atoms with Gasteiger partial charge >= 0.3 is 0 Å². The molecule has 1 aliphatic rings. The molecule has 1 fully saturated rings. The molecule has 1 saturated heterocycles. The first-order valence-electron chi connectivity index (χ1n) is 10.1. The van der Waals surface area contributed by atoms with Crippen LogP contribution in [0.1, 0.15) is 43.2 Å². The van der Waals surface area contributed by atoms with Gasteiger partial charge in [-0.05, 0) is 38.2 Å². The van der Waals surface area contributed by atoms with Crippen LogP contribution in [0.15, 0.2) is 24.3 Å². The van der Waals surface area contributed by atoms with E-state index in [0.717, 1.165) is 24.8 Å². The predicted octanol–water partition coefficient (Wildman–Crippen LogP) is 1.31. The molecule has 2 rings (SSSR count). The summed E-state index contributed by atoms with van der Waals surface area (Å²) in [5.41, 5.74) is 7.68. The van der Waals surface area contributed by atoms with Crippen LogP contribution in [0, 0.1) is 6.92 Å². The number of nitrogens with two attached hydrogens (primary N) is 1. The monoisotopic (exact) mass is 424 g/mol. The van der Waals surface area contributed by atoms with Crippen molar-refractivity contribution in [3.63, 3.8) is 0 Å². The van der Waals surface area contributed by atoms with Crippen molar-refractivity contribution in [2.24, 2.45) is 5.73 Å². The van der Waals surface area contributed by atoms with Gasteiger partial charge in [0.1, 0.15) is 0 Å². The van der Waals surface area contributed by atoms with Gasteiger partial charge in [0.25, 0.3) is 0 Å². The first-order chi connectivity index (χ1) is 13.5. The third-order valence-corrected chi connectivity index (χ3v) is 5.05. The van der Waals surface area contributed by atoms with Crippen molar-refractivity contribution in [2.45, 2.75) is 51.5 Å².